The molecule has 0 aliphatic heterocycles. The lowest BCUT2D eigenvalue weighted by Crippen LogP contribution is -2.12. The van der Waals surface area contributed by atoms with Crippen LogP contribution >= 0.6 is 0 Å². The van der Waals surface area contributed by atoms with Gasteiger partial charge in [0.1, 0.15) is 5.75 Å². The van der Waals surface area contributed by atoms with Crippen LogP contribution in [0, 0.1) is 0 Å². The number of ether oxygens (including phenoxy) is 1. The standard InChI is InChI=1S/C11H17NO2/c1-3-8-4-5-9(10(13)7-12)11(6-8)14-2/h4-6,10,13H,3,7,12H2,1-2H3. The Hall–Kier alpha value is -1.06. The molecule has 0 bridgehead atoms. The normalized spacial score (nSPS) is 12.6. The van der Waals surface area contributed by atoms with Gasteiger partial charge in [0.25, 0.3) is 0 Å². The van der Waals surface area contributed by atoms with E-state index in [1.807, 2.05) is 18.2 Å². The highest BCUT2D eigenvalue weighted by Gasteiger charge is 2.11. The van der Waals surface area contributed by atoms with Crippen molar-refractivity contribution < 1.29 is 9.84 Å². The molecule has 0 aliphatic rings. The Balaban J connectivity index is 3.04. The van der Waals surface area contributed by atoms with E-state index in [1.165, 1.54) is 5.56 Å². The van der Waals surface area contributed by atoms with Crippen molar-refractivity contribution in [2.45, 2.75) is 19.4 Å². The zero-order valence-corrected chi connectivity index (χ0v) is 8.66. The zero-order chi connectivity index (χ0) is 10.6. The van der Waals surface area contributed by atoms with Crippen molar-refractivity contribution in [3.8, 4) is 5.75 Å². The SMILES string of the molecule is CCc1ccc(C(O)CN)c(OC)c1. The van der Waals surface area contributed by atoms with Crippen LogP contribution in [-0.4, -0.2) is 18.8 Å². The molecule has 3 nitrogen and oxygen atoms in total. The predicted octanol–water partition coefficient (Wildman–Crippen LogP) is 1.25. The topological polar surface area (TPSA) is 55.5 Å². The summed E-state index contributed by atoms with van der Waals surface area (Å²) >= 11 is 0. The van der Waals surface area contributed by atoms with E-state index < -0.39 is 6.10 Å². The van der Waals surface area contributed by atoms with Gasteiger partial charge in [-0.05, 0) is 18.1 Å². The lowest BCUT2D eigenvalue weighted by molar-refractivity contribution is 0.182. The molecule has 0 aromatic heterocycles. The van der Waals surface area contributed by atoms with Crippen molar-refractivity contribution in [1.82, 2.24) is 0 Å². The molecule has 0 saturated heterocycles. The molecule has 14 heavy (non-hydrogen) atoms. The van der Waals surface area contributed by atoms with Gasteiger partial charge in [0.15, 0.2) is 0 Å². The lowest BCUT2D eigenvalue weighted by atomic mass is 10.0. The molecular formula is C11H17NO2. The van der Waals surface area contributed by atoms with Crippen molar-refractivity contribution in [2.75, 3.05) is 13.7 Å². The first-order valence-corrected chi connectivity index (χ1v) is 4.77. The number of rotatable bonds is 4. The molecule has 3 heteroatoms. The second-order valence-corrected chi connectivity index (χ2v) is 3.18. The molecule has 1 atom stereocenters. The van der Waals surface area contributed by atoms with Gasteiger partial charge in [-0.1, -0.05) is 19.1 Å². The predicted molar refractivity (Wildman–Crippen MR) is 56.4 cm³/mol. The van der Waals surface area contributed by atoms with Crippen LogP contribution in [0.1, 0.15) is 24.2 Å². The van der Waals surface area contributed by atoms with Crippen LogP contribution < -0.4 is 10.5 Å². The summed E-state index contributed by atoms with van der Waals surface area (Å²) in [4.78, 5) is 0. The molecule has 3 N–H and O–H groups in total. The molecule has 1 unspecified atom stereocenters. The number of methoxy groups -OCH3 is 1. The average molecular weight is 195 g/mol. The largest absolute Gasteiger partial charge is 0.496 e. The van der Waals surface area contributed by atoms with Gasteiger partial charge >= 0.3 is 0 Å². The van der Waals surface area contributed by atoms with Crippen molar-refractivity contribution in [3.63, 3.8) is 0 Å². The van der Waals surface area contributed by atoms with Crippen molar-refractivity contribution in [3.05, 3.63) is 29.3 Å². The maximum Gasteiger partial charge on any atom is 0.124 e. The Morgan fingerprint density at radius 3 is 2.71 bits per heavy atom. The van der Waals surface area contributed by atoms with E-state index in [-0.39, 0.29) is 6.54 Å². The van der Waals surface area contributed by atoms with E-state index in [1.54, 1.807) is 7.11 Å². The van der Waals surface area contributed by atoms with Gasteiger partial charge in [0.05, 0.1) is 13.2 Å². The summed E-state index contributed by atoms with van der Waals surface area (Å²) in [5.41, 5.74) is 7.34. The highest BCUT2D eigenvalue weighted by Crippen LogP contribution is 2.25. The summed E-state index contributed by atoms with van der Waals surface area (Å²) in [7, 11) is 1.60. The first kappa shape index (κ1) is 11.0. The molecule has 0 aliphatic carbocycles. The number of hydrogen-bond acceptors (Lipinski definition) is 3. The number of benzene rings is 1. The van der Waals surface area contributed by atoms with Crippen LogP contribution in [0.3, 0.4) is 0 Å². The molecule has 78 valence electrons. The lowest BCUT2D eigenvalue weighted by Gasteiger charge is -2.13. The molecule has 1 aromatic rings. The van der Waals surface area contributed by atoms with Gasteiger partial charge in [-0.25, -0.2) is 0 Å². The molecule has 1 aromatic carbocycles. The number of hydrogen-bond donors (Lipinski definition) is 2. The smallest absolute Gasteiger partial charge is 0.124 e. The Labute approximate surface area is 84.5 Å². The Kier molecular flexibility index (Phi) is 3.92. The summed E-state index contributed by atoms with van der Waals surface area (Å²) in [6.07, 6.45) is 0.311. The van der Waals surface area contributed by atoms with Gasteiger partial charge in [-0.3, -0.25) is 0 Å². The Morgan fingerprint density at radius 2 is 2.21 bits per heavy atom. The van der Waals surface area contributed by atoms with Gasteiger partial charge < -0.3 is 15.6 Å². The van der Waals surface area contributed by atoms with Crippen molar-refractivity contribution in [2.24, 2.45) is 5.73 Å². The number of aliphatic hydroxyl groups is 1. The fourth-order valence-corrected chi connectivity index (χ4v) is 1.38. The third-order valence-corrected chi connectivity index (χ3v) is 2.29. The third-order valence-electron chi connectivity index (χ3n) is 2.29. The highest BCUT2D eigenvalue weighted by molar-refractivity contribution is 5.39. The number of aliphatic hydroxyl groups excluding tert-OH is 1. The van der Waals surface area contributed by atoms with Crippen LogP contribution in [0.15, 0.2) is 18.2 Å². The van der Waals surface area contributed by atoms with E-state index in [4.69, 9.17) is 10.5 Å². The Morgan fingerprint density at radius 1 is 1.50 bits per heavy atom. The quantitative estimate of drug-likeness (QED) is 0.760. The van der Waals surface area contributed by atoms with E-state index in [9.17, 15) is 5.11 Å². The van der Waals surface area contributed by atoms with Crippen LogP contribution in [0.25, 0.3) is 0 Å². The van der Waals surface area contributed by atoms with Gasteiger partial charge in [0, 0.05) is 12.1 Å². The summed E-state index contributed by atoms with van der Waals surface area (Å²) < 4.78 is 5.20. The Bertz CT molecular complexity index is 299. The molecule has 1 rings (SSSR count). The summed E-state index contributed by atoms with van der Waals surface area (Å²) in [6.45, 7) is 2.29. The maximum absolute atomic E-state index is 9.60. The van der Waals surface area contributed by atoms with Crippen LogP contribution in [0.2, 0.25) is 0 Å². The fourth-order valence-electron chi connectivity index (χ4n) is 1.38. The zero-order valence-electron chi connectivity index (χ0n) is 8.66. The fraction of sp³-hybridized carbons (Fsp3) is 0.455. The minimum absolute atomic E-state index is 0.210. The minimum atomic E-state index is -0.643. The molecule has 0 heterocycles. The molecule has 0 radical (unpaired) electrons. The molecule has 0 amide bonds. The van der Waals surface area contributed by atoms with Crippen LogP contribution in [-0.2, 0) is 6.42 Å². The van der Waals surface area contributed by atoms with E-state index in [0.29, 0.717) is 5.75 Å². The molecule has 0 spiro atoms. The number of nitrogens with two attached hydrogens (primary N) is 1. The average Bonchev–Trinajstić information content (AvgIpc) is 2.27. The van der Waals surface area contributed by atoms with Gasteiger partial charge in [0.2, 0.25) is 0 Å². The monoisotopic (exact) mass is 195 g/mol. The molecule has 0 fully saturated rings. The third kappa shape index (κ3) is 2.25. The van der Waals surface area contributed by atoms with Crippen LogP contribution in [0.4, 0.5) is 0 Å². The second kappa shape index (κ2) is 4.98. The van der Waals surface area contributed by atoms with E-state index in [0.717, 1.165) is 12.0 Å². The first-order chi connectivity index (χ1) is 6.72. The minimum Gasteiger partial charge on any atom is -0.496 e. The summed E-state index contributed by atoms with van der Waals surface area (Å²) in [6, 6.07) is 5.79. The number of aryl methyl sites for hydroxylation is 1. The van der Waals surface area contributed by atoms with Gasteiger partial charge in [-0.15, -0.1) is 0 Å². The van der Waals surface area contributed by atoms with Crippen molar-refractivity contribution >= 4 is 0 Å². The molecular weight excluding hydrogens is 178 g/mol. The van der Waals surface area contributed by atoms with E-state index in [2.05, 4.69) is 6.92 Å². The summed E-state index contributed by atoms with van der Waals surface area (Å²) in [5, 5.41) is 9.60. The first-order valence-electron chi connectivity index (χ1n) is 4.77. The van der Waals surface area contributed by atoms with Gasteiger partial charge in [-0.2, -0.15) is 0 Å². The highest BCUT2D eigenvalue weighted by atomic mass is 16.5. The summed E-state index contributed by atoms with van der Waals surface area (Å²) in [5.74, 6) is 0.710. The molecule has 0 saturated carbocycles. The van der Waals surface area contributed by atoms with Crippen LogP contribution in [0.5, 0.6) is 5.75 Å². The van der Waals surface area contributed by atoms with Crippen molar-refractivity contribution in [1.29, 1.82) is 0 Å². The van der Waals surface area contributed by atoms with E-state index >= 15 is 0 Å². The maximum atomic E-state index is 9.60. The second-order valence-electron chi connectivity index (χ2n) is 3.18.